The fourth-order valence-corrected chi connectivity index (χ4v) is 2.27. The molecule has 0 saturated heterocycles. The lowest BCUT2D eigenvalue weighted by atomic mass is 10.1. The van der Waals surface area contributed by atoms with Gasteiger partial charge in [0, 0.05) is 23.9 Å². The normalized spacial score (nSPS) is 11.5. The highest BCUT2D eigenvalue weighted by molar-refractivity contribution is 5.59. The number of nitrogens with zero attached hydrogens (tertiary/aromatic N) is 1. The summed E-state index contributed by atoms with van der Waals surface area (Å²) in [6, 6.07) is 9.40. The van der Waals surface area contributed by atoms with Gasteiger partial charge in [0.15, 0.2) is 17.5 Å². The smallest absolute Gasteiger partial charge is 0.426 e. The summed E-state index contributed by atoms with van der Waals surface area (Å²) in [5, 5.41) is 0. The second-order valence-electron chi connectivity index (χ2n) is 5.62. The van der Waals surface area contributed by atoms with Crippen molar-refractivity contribution in [2.45, 2.75) is 13.0 Å². The molecule has 2 aromatic carbocycles. The van der Waals surface area contributed by atoms with Gasteiger partial charge < -0.3 is 4.74 Å². The summed E-state index contributed by atoms with van der Waals surface area (Å²) in [4.78, 5) is 4.20. The van der Waals surface area contributed by atoms with E-state index in [0.717, 1.165) is 17.7 Å². The van der Waals surface area contributed by atoms with E-state index in [9.17, 15) is 22.0 Å². The van der Waals surface area contributed by atoms with E-state index < -0.39 is 34.9 Å². The van der Waals surface area contributed by atoms with Crippen molar-refractivity contribution in [1.82, 2.24) is 4.98 Å². The first-order valence-electron chi connectivity index (χ1n) is 7.51. The van der Waals surface area contributed by atoms with Crippen LogP contribution in [-0.2, 0) is 6.11 Å². The highest BCUT2D eigenvalue weighted by Crippen LogP contribution is 2.33. The van der Waals surface area contributed by atoms with Crippen LogP contribution in [0.25, 0.3) is 11.3 Å². The molecule has 0 N–H and O–H groups in total. The topological polar surface area (TPSA) is 22.1 Å². The summed E-state index contributed by atoms with van der Waals surface area (Å²) in [5.74, 6) is -5.81. The third-order valence-electron chi connectivity index (χ3n) is 3.63. The SMILES string of the molecule is Cc1ccc(-c2ccc(C(F)(F)Oc3cc(F)c(F)c(F)c3)cc2)nc1. The van der Waals surface area contributed by atoms with Gasteiger partial charge in [-0.3, -0.25) is 4.98 Å². The Morgan fingerprint density at radius 1 is 0.885 bits per heavy atom. The Labute approximate surface area is 145 Å². The minimum Gasteiger partial charge on any atom is -0.429 e. The molecule has 3 aromatic rings. The summed E-state index contributed by atoms with van der Waals surface area (Å²) in [6.45, 7) is 1.87. The lowest BCUT2D eigenvalue weighted by Crippen LogP contribution is -2.22. The average Bonchev–Trinajstić information content (AvgIpc) is 2.60. The number of rotatable bonds is 4. The minimum absolute atomic E-state index is 0.358. The Hall–Kier alpha value is -2.96. The third-order valence-corrected chi connectivity index (χ3v) is 3.63. The van der Waals surface area contributed by atoms with Gasteiger partial charge in [-0.2, -0.15) is 8.78 Å². The predicted molar refractivity (Wildman–Crippen MR) is 85.2 cm³/mol. The maximum atomic E-state index is 14.2. The van der Waals surface area contributed by atoms with E-state index >= 15 is 0 Å². The molecule has 26 heavy (non-hydrogen) atoms. The van der Waals surface area contributed by atoms with Crippen LogP contribution in [0.5, 0.6) is 5.75 Å². The van der Waals surface area contributed by atoms with Gasteiger partial charge in [0.25, 0.3) is 0 Å². The zero-order valence-corrected chi connectivity index (χ0v) is 13.4. The lowest BCUT2D eigenvalue weighted by Gasteiger charge is -2.18. The molecule has 0 saturated carbocycles. The molecule has 1 heterocycles. The first kappa shape index (κ1) is 17.8. The molecule has 7 heteroatoms. The van der Waals surface area contributed by atoms with Gasteiger partial charge >= 0.3 is 6.11 Å². The lowest BCUT2D eigenvalue weighted by molar-refractivity contribution is -0.185. The van der Waals surface area contributed by atoms with Crippen molar-refractivity contribution in [1.29, 1.82) is 0 Å². The minimum atomic E-state index is -3.87. The van der Waals surface area contributed by atoms with Crippen LogP contribution >= 0.6 is 0 Å². The van der Waals surface area contributed by atoms with Crippen molar-refractivity contribution in [2.75, 3.05) is 0 Å². The molecule has 0 atom stereocenters. The monoisotopic (exact) mass is 365 g/mol. The molecule has 2 nitrogen and oxygen atoms in total. The van der Waals surface area contributed by atoms with Crippen molar-refractivity contribution in [3.05, 3.63) is 83.3 Å². The fourth-order valence-electron chi connectivity index (χ4n) is 2.27. The van der Waals surface area contributed by atoms with Gasteiger partial charge in [-0.25, -0.2) is 13.2 Å². The Bertz CT molecular complexity index is 901. The summed E-state index contributed by atoms with van der Waals surface area (Å²) in [5.41, 5.74) is 1.65. The first-order valence-corrected chi connectivity index (χ1v) is 7.51. The molecule has 134 valence electrons. The van der Waals surface area contributed by atoms with Crippen LogP contribution in [0.2, 0.25) is 0 Å². The number of aromatic nitrogens is 1. The summed E-state index contributed by atoms with van der Waals surface area (Å²) in [7, 11) is 0. The van der Waals surface area contributed by atoms with Gasteiger partial charge in [0.2, 0.25) is 0 Å². The molecule has 1 aromatic heterocycles. The standard InChI is InChI=1S/C19H12F5NO/c1-11-2-7-17(25-10-11)12-3-5-13(6-4-12)19(23,24)26-14-8-15(20)18(22)16(21)9-14/h2-10H,1H3. The van der Waals surface area contributed by atoms with Crippen LogP contribution in [0, 0.1) is 24.4 Å². The Balaban J connectivity index is 1.84. The predicted octanol–water partition coefficient (Wildman–Crippen LogP) is 5.60. The van der Waals surface area contributed by atoms with E-state index in [2.05, 4.69) is 9.72 Å². The second-order valence-corrected chi connectivity index (χ2v) is 5.62. The Morgan fingerprint density at radius 3 is 2.04 bits per heavy atom. The van der Waals surface area contributed by atoms with Crippen LogP contribution < -0.4 is 4.74 Å². The van der Waals surface area contributed by atoms with Crippen LogP contribution in [0.3, 0.4) is 0 Å². The molecule has 0 bridgehead atoms. The molecule has 0 aliphatic heterocycles. The van der Waals surface area contributed by atoms with Gasteiger partial charge in [0.05, 0.1) is 11.3 Å². The number of halogens is 5. The van der Waals surface area contributed by atoms with E-state index in [-0.39, 0.29) is 0 Å². The van der Waals surface area contributed by atoms with Crippen LogP contribution in [0.4, 0.5) is 22.0 Å². The highest BCUT2D eigenvalue weighted by Gasteiger charge is 2.35. The Morgan fingerprint density at radius 2 is 1.50 bits per heavy atom. The van der Waals surface area contributed by atoms with Gasteiger partial charge in [-0.1, -0.05) is 18.2 Å². The van der Waals surface area contributed by atoms with Gasteiger partial charge in [-0.15, -0.1) is 0 Å². The Kier molecular flexibility index (Phi) is 4.63. The molecule has 0 radical (unpaired) electrons. The molecule has 0 unspecified atom stereocenters. The number of alkyl halides is 2. The molecule has 0 aliphatic carbocycles. The quantitative estimate of drug-likeness (QED) is 0.443. The molecule has 0 aliphatic rings. The highest BCUT2D eigenvalue weighted by atomic mass is 19.3. The molecular weight excluding hydrogens is 353 g/mol. The van der Waals surface area contributed by atoms with Crippen molar-refractivity contribution >= 4 is 0 Å². The number of hydrogen-bond acceptors (Lipinski definition) is 2. The van der Waals surface area contributed by atoms with Crippen LogP contribution in [0.1, 0.15) is 11.1 Å². The van der Waals surface area contributed by atoms with Crippen LogP contribution in [-0.4, -0.2) is 4.98 Å². The van der Waals surface area contributed by atoms with Crippen molar-refractivity contribution in [3.63, 3.8) is 0 Å². The molecule has 0 fully saturated rings. The van der Waals surface area contributed by atoms with E-state index in [0.29, 0.717) is 23.4 Å². The number of aryl methyl sites for hydroxylation is 1. The van der Waals surface area contributed by atoms with Crippen LogP contribution in [0.15, 0.2) is 54.7 Å². The zero-order valence-electron chi connectivity index (χ0n) is 13.4. The largest absolute Gasteiger partial charge is 0.429 e. The molecule has 0 spiro atoms. The van der Waals surface area contributed by atoms with Gasteiger partial charge in [0.1, 0.15) is 5.75 Å². The van der Waals surface area contributed by atoms with Crippen molar-refractivity contribution < 1.29 is 26.7 Å². The number of hydrogen-bond donors (Lipinski definition) is 0. The van der Waals surface area contributed by atoms with Crippen molar-refractivity contribution in [2.24, 2.45) is 0 Å². The van der Waals surface area contributed by atoms with E-state index in [1.54, 1.807) is 12.3 Å². The summed E-state index contributed by atoms with van der Waals surface area (Å²) in [6.07, 6.45) is -2.21. The number of benzene rings is 2. The molecular formula is C19H12F5NO. The van der Waals surface area contributed by atoms with E-state index in [1.807, 2.05) is 13.0 Å². The average molecular weight is 365 g/mol. The summed E-state index contributed by atoms with van der Waals surface area (Å²) >= 11 is 0. The van der Waals surface area contributed by atoms with Gasteiger partial charge in [-0.05, 0) is 30.7 Å². The van der Waals surface area contributed by atoms with E-state index in [1.165, 1.54) is 12.1 Å². The zero-order chi connectivity index (χ0) is 18.9. The fraction of sp³-hybridized carbons (Fsp3) is 0.105. The second kappa shape index (κ2) is 6.74. The summed E-state index contributed by atoms with van der Waals surface area (Å²) < 4.78 is 72.0. The molecule has 0 amide bonds. The maximum Gasteiger partial charge on any atom is 0.426 e. The van der Waals surface area contributed by atoms with E-state index in [4.69, 9.17) is 0 Å². The number of ether oxygens (including phenoxy) is 1. The first-order chi connectivity index (χ1) is 12.3. The van der Waals surface area contributed by atoms with Crippen molar-refractivity contribution in [3.8, 4) is 17.0 Å². The number of pyridine rings is 1. The molecule has 3 rings (SSSR count). The maximum absolute atomic E-state index is 14.2. The third kappa shape index (κ3) is 3.66.